The maximum atomic E-state index is 11.6. The number of rotatable bonds is 4. The number of aromatic nitrogens is 2. The Morgan fingerprint density at radius 1 is 1.33 bits per heavy atom. The highest BCUT2D eigenvalue weighted by atomic mass is 16.6. The molecule has 1 heterocycles. The van der Waals surface area contributed by atoms with Gasteiger partial charge in [0.2, 0.25) is 0 Å². The fraction of sp³-hybridized carbons (Fsp3) is 0.500. The Balaban J connectivity index is 2.30. The van der Waals surface area contributed by atoms with Crippen LogP contribution in [0.1, 0.15) is 37.7 Å². The van der Waals surface area contributed by atoms with Crippen LogP contribution in [0.3, 0.4) is 0 Å². The molecule has 1 rings (SSSR count). The smallest absolute Gasteiger partial charge is 0.407 e. The molecule has 0 bridgehead atoms. The second-order valence-corrected chi connectivity index (χ2v) is 4.69. The fourth-order valence-electron chi connectivity index (χ4n) is 1.16. The van der Waals surface area contributed by atoms with Crippen LogP contribution in [-0.4, -0.2) is 34.0 Å². The van der Waals surface area contributed by atoms with Crippen LogP contribution in [0.5, 0.6) is 0 Å². The van der Waals surface area contributed by atoms with Crippen LogP contribution in [0.15, 0.2) is 18.6 Å². The summed E-state index contributed by atoms with van der Waals surface area (Å²) in [6.45, 7) is 5.54. The lowest BCUT2D eigenvalue weighted by atomic mass is 10.2. The van der Waals surface area contributed by atoms with E-state index in [9.17, 15) is 9.59 Å². The largest absolute Gasteiger partial charge is 0.444 e. The molecule has 98 valence electrons. The van der Waals surface area contributed by atoms with Gasteiger partial charge in [-0.25, -0.2) is 9.78 Å². The minimum atomic E-state index is -0.543. The van der Waals surface area contributed by atoms with Crippen LogP contribution in [0.25, 0.3) is 0 Å². The van der Waals surface area contributed by atoms with E-state index in [0.29, 0.717) is 5.69 Å². The molecule has 0 spiro atoms. The molecule has 0 fully saturated rings. The number of hydrogen-bond donors (Lipinski definition) is 1. The topological polar surface area (TPSA) is 81.2 Å². The Bertz CT molecular complexity index is 412. The van der Waals surface area contributed by atoms with E-state index in [1.54, 1.807) is 20.8 Å². The molecule has 1 amide bonds. The zero-order valence-electron chi connectivity index (χ0n) is 10.8. The number of alkyl carbamates (subject to hydrolysis) is 1. The van der Waals surface area contributed by atoms with Crippen molar-refractivity contribution in [2.24, 2.45) is 0 Å². The van der Waals surface area contributed by atoms with E-state index in [2.05, 4.69) is 15.3 Å². The van der Waals surface area contributed by atoms with Gasteiger partial charge in [-0.15, -0.1) is 0 Å². The van der Waals surface area contributed by atoms with Gasteiger partial charge in [0, 0.05) is 25.4 Å². The van der Waals surface area contributed by atoms with Crippen molar-refractivity contribution in [3.63, 3.8) is 0 Å². The highest BCUT2D eigenvalue weighted by Gasteiger charge is 2.16. The van der Waals surface area contributed by atoms with Crippen molar-refractivity contribution >= 4 is 11.9 Å². The SMILES string of the molecule is CC(C)(C)OC(=O)NCCC(=O)c1cnccn1. The zero-order chi connectivity index (χ0) is 13.6. The molecule has 1 aromatic rings. The fourth-order valence-corrected chi connectivity index (χ4v) is 1.16. The number of nitrogens with one attached hydrogen (secondary N) is 1. The first kappa shape index (κ1) is 14.1. The first-order valence-electron chi connectivity index (χ1n) is 5.64. The summed E-state index contributed by atoms with van der Waals surface area (Å²) in [5.74, 6) is -0.167. The Labute approximate surface area is 106 Å². The number of ketones is 1. The van der Waals surface area contributed by atoms with Gasteiger partial charge in [0.15, 0.2) is 5.78 Å². The van der Waals surface area contributed by atoms with Crippen molar-refractivity contribution in [1.29, 1.82) is 0 Å². The number of carbonyl (C=O) groups excluding carboxylic acids is 2. The molecule has 6 heteroatoms. The van der Waals surface area contributed by atoms with Gasteiger partial charge in [0.1, 0.15) is 11.3 Å². The zero-order valence-corrected chi connectivity index (χ0v) is 10.8. The molecule has 0 unspecified atom stereocenters. The molecule has 0 aliphatic heterocycles. The van der Waals surface area contributed by atoms with E-state index < -0.39 is 11.7 Å². The summed E-state index contributed by atoms with van der Waals surface area (Å²) in [6, 6.07) is 0. The van der Waals surface area contributed by atoms with Crippen LogP contribution in [-0.2, 0) is 4.74 Å². The van der Waals surface area contributed by atoms with Gasteiger partial charge in [-0.3, -0.25) is 9.78 Å². The number of nitrogens with zero attached hydrogens (tertiary/aromatic N) is 2. The van der Waals surface area contributed by atoms with Gasteiger partial charge in [-0.05, 0) is 20.8 Å². The summed E-state index contributed by atoms with van der Waals surface area (Å²) in [5.41, 5.74) is -0.248. The van der Waals surface area contributed by atoms with Crippen molar-refractivity contribution in [3.8, 4) is 0 Å². The maximum Gasteiger partial charge on any atom is 0.407 e. The molecule has 0 aliphatic rings. The molecule has 18 heavy (non-hydrogen) atoms. The van der Waals surface area contributed by atoms with Gasteiger partial charge in [-0.2, -0.15) is 0 Å². The number of hydrogen-bond acceptors (Lipinski definition) is 5. The van der Waals surface area contributed by atoms with Gasteiger partial charge in [0.25, 0.3) is 0 Å². The van der Waals surface area contributed by atoms with E-state index >= 15 is 0 Å². The van der Waals surface area contributed by atoms with Crippen LogP contribution in [0, 0.1) is 0 Å². The van der Waals surface area contributed by atoms with Gasteiger partial charge < -0.3 is 10.1 Å². The van der Waals surface area contributed by atoms with E-state index in [-0.39, 0.29) is 18.7 Å². The summed E-state index contributed by atoms with van der Waals surface area (Å²) in [7, 11) is 0. The van der Waals surface area contributed by atoms with Crippen LogP contribution < -0.4 is 5.32 Å². The van der Waals surface area contributed by atoms with Crippen molar-refractivity contribution in [2.45, 2.75) is 32.8 Å². The van der Waals surface area contributed by atoms with E-state index in [1.807, 2.05) is 0 Å². The number of Topliss-reactive ketones (excluding diaryl/α,β-unsaturated/α-hetero) is 1. The number of carbonyl (C=O) groups is 2. The second-order valence-electron chi connectivity index (χ2n) is 4.69. The van der Waals surface area contributed by atoms with Crippen molar-refractivity contribution in [2.75, 3.05) is 6.54 Å². The first-order valence-corrected chi connectivity index (χ1v) is 5.64. The average molecular weight is 251 g/mol. The summed E-state index contributed by atoms with van der Waals surface area (Å²) in [4.78, 5) is 30.6. The average Bonchev–Trinajstić information content (AvgIpc) is 2.27. The Kier molecular flexibility index (Phi) is 4.76. The normalized spacial score (nSPS) is 10.8. The summed E-state index contributed by atoms with van der Waals surface area (Å²) in [5, 5.41) is 2.51. The molecule has 6 nitrogen and oxygen atoms in total. The minimum Gasteiger partial charge on any atom is -0.444 e. The van der Waals surface area contributed by atoms with Gasteiger partial charge in [-0.1, -0.05) is 0 Å². The number of ether oxygens (including phenoxy) is 1. The molecular formula is C12H17N3O3. The summed E-state index contributed by atoms with van der Waals surface area (Å²) < 4.78 is 5.04. The van der Waals surface area contributed by atoms with E-state index in [0.717, 1.165) is 0 Å². The Morgan fingerprint density at radius 2 is 2.06 bits per heavy atom. The molecular weight excluding hydrogens is 234 g/mol. The van der Waals surface area contributed by atoms with Crippen LogP contribution >= 0.6 is 0 Å². The van der Waals surface area contributed by atoms with E-state index in [4.69, 9.17) is 4.74 Å². The monoisotopic (exact) mass is 251 g/mol. The molecule has 0 saturated carbocycles. The highest BCUT2D eigenvalue weighted by molar-refractivity contribution is 5.94. The molecule has 1 N–H and O–H groups in total. The lowest BCUT2D eigenvalue weighted by molar-refractivity contribution is 0.0527. The van der Waals surface area contributed by atoms with Crippen LogP contribution in [0.2, 0.25) is 0 Å². The lowest BCUT2D eigenvalue weighted by Gasteiger charge is -2.19. The molecule has 0 aromatic carbocycles. The maximum absolute atomic E-state index is 11.6. The third-order valence-electron chi connectivity index (χ3n) is 1.87. The lowest BCUT2D eigenvalue weighted by Crippen LogP contribution is -2.33. The molecule has 0 radical (unpaired) electrons. The van der Waals surface area contributed by atoms with Gasteiger partial charge in [0.05, 0.1) is 6.20 Å². The Morgan fingerprint density at radius 3 is 2.61 bits per heavy atom. The molecule has 0 atom stereocenters. The number of amides is 1. The summed E-state index contributed by atoms with van der Waals surface area (Å²) >= 11 is 0. The third-order valence-corrected chi connectivity index (χ3v) is 1.87. The second kappa shape index (κ2) is 6.09. The van der Waals surface area contributed by atoms with Crippen molar-refractivity contribution in [1.82, 2.24) is 15.3 Å². The predicted octanol–water partition coefficient (Wildman–Crippen LogP) is 1.57. The van der Waals surface area contributed by atoms with Gasteiger partial charge >= 0.3 is 6.09 Å². The first-order chi connectivity index (χ1) is 8.38. The highest BCUT2D eigenvalue weighted by Crippen LogP contribution is 2.06. The molecule has 1 aromatic heterocycles. The third kappa shape index (κ3) is 5.38. The quantitative estimate of drug-likeness (QED) is 0.821. The standard InChI is InChI=1S/C12H17N3O3/c1-12(2,3)18-11(17)15-5-4-10(16)9-8-13-6-7-14-9/h6-8H,4-5H2,1-3H3,(H,15,17). The Hall–Kier alpha value is -1.98. The summed E-state index contributed by atoms with van der Waals surface area (Å²) in [6.07, 6.45) is 3.98. The van der Waals surface area contributed by atoms with Crippen molar-refractivity contribution < 1.29 is 14.3 Å². The molecule has 0 saturated heterocycles. The predicted molar refractivity (Wildman–Crippen MR) is 65.2 cm³/mol. The van der Waals surface area contributed by atoms with Crippen LogP contribution in [0.4, 0.5) is 4.79 Å². The van der Waals surface area contributed by atoms with Crippen molar-refractivity contribution in [3.05, 3.63) is 24.3 Å². The van der Waals surface area contributed by atoms with E-state index in [1.165, 1.54) is 18.6 Å². The molecule has 0 aliphatic carbocycles. The minimum absolute atomic E-state index is 0.165.